The third-order valence-corrected chi connectivity index (χ3v) is 4.57. The second-order valence-electron chi connectivity index (χ2n) is 6.08. The molecular formula is C13H23N3S. The number of piperidine rings is 1. The zero-order valence-electron chi connectivity index (χ0n) is 11.1. The SMILES string of the molecule is CC(C)(C)C1CCN(Cc2cnc(N)s2)CC1. The first kappa shape index (κ1) is 12.8. The molecule has 0 saturated carbocycles. The molecule has 4 heteroatoms. The molecule has 0 spiro atoms. The monoisotopic (exact) mass is 253 g/mol. The summed E-state index contributed by atoms with van der Waals surface area (Å²) < 4.78 is 0. The number of thiazole rings is 1. The molecule has 3 nitrogen and oxygen atoms in total. The van der Waals surface area contributed by atoms with Crippen LogP contribution in [0.25, 0.3) is 0 Å². The molecule has 0 aromatic carbocycles. The number of hydrogen-bond donors (Lipinski definition) is 1. The smallest absolute Gasteiger partial charge is 0.180 e. The van der Waals surface area contributed by atoms with Crippen LogP contribution in [0.3, 0.4) is 0 Å². The second-order valence-corrected chi connectivity index (χ2v) is 7.23. The van der Waals surface area contributed by atoms with Gasteiger partial charge in [0.25, 0.3) is 0 Å². The summed E-state index contributed by atoms with van der Waals surface area (Å²) in [6.45, 7) is 10.5. The lowest BCUT2D eigenvalue weighted by Crippen LogP contribution is -2.37. The van der Waals surface area contributed by atoms with E-state index in [-0.39, 0.29) is 0 Å². The number of hydrogen-bond acceptors (Lipinski definition) is 4. The highest BCUT2D eigenvalue weighted by molar-refractivity contribution is 7.15. The summed E-state index contributed by atoms with van der Waals surface area (Å²) in [5.74, 6) is 0.866. The molecule has 0 radical (unpaired) electrons. The van der Waals surface area contributed by atoms with Gasteiger partial charge in [0.05, 0.1) is 0 Å². The molecule has 2 N–H and O–H groups in total. The Balaban J connectivity index is 1.83. The predicted octanol–water partition coefficient (Wildman–Crippen LogP) is 2.98. The van der Waals surface area contributed by atoms with Crippen molar-refractivity contribution in [2.45, 2.75) is 40.2 Å². The van der Waals surface area contributed by atoms with Gasteiger partial charge in [-0.3, -0.25) is 4.90 Å². The number of nitrogen functional groups attached to an aromatic ring is 1. The average Bonchev–Trinajstić information content (AvgIpc) is 2.63. The molecule has 1 saturated heterocycles. The Morgan fingerprint density at radius 1 is 1.41 bits per heavy atom. The van der Waals surface area contributed by atoms with E-state index in [4.69, 9.17) is 5.73 Å². The second kappa shape index (κ2) is 4.94. The van der Waals surface area contributed by atoms with Crippen molar-refractivity contribution >= 4 is 16.5 Å². The third-order valence-electron chi connectivity index (χ3n) is 3.76. The summed E-state index contributed by atoms with van der Waals surface area (Å²) in [5, 5.41) is 0.685. The van der Waals surface area contributed by atoms with Crippen molar-refractivity contribution in [2.75, 3.05) is 18.8 Å². The lowest BCUT2D eigenvalue weighted by atomic mass is 9.75. The molecule has 0 bridgehead atoms. The van der Waals surface area contributed by atoms with Crippen molar-refractivity contribution in [3.63, 3.8) is 0 Å². The van der Waals surface area contributed by atoms with Crippen molar-refractivity contribution in [3.05, 3.63) is 11.1 Å². The normalized spacial score (nSPS) is 19.7. The quantitative estimate of drug-likeness (QED) is 0.881. The number of nitrogens with two attached hydrogens (primary N) is 1. The van der Waals surface area contributed by atoms with E-state index in [0.29, 0.717) is 10.5 Å². The Kier molecular flexibility index (Phi) is 3.73. The van der Waals surface area contributed by atoms with Crippen molar-refractivity contribution in [2.24, 2.45) is 11.3 Å². The maximum absolute atomic E-state index is 5.65. The van der Waals surface area contributed by atoms with Gasteiger partial charge in [0.1, 0.15) is 0 Å². The number of anilines is 1. The molecule has 0 atom stereocenters. The molecule has 0 aliphatic carbocycles. The van der Waals surface area contributed by atoms with E-state index in [1.54, 1.807) is 11.3 Å². The van der Waals surface area contributed by atoms with E-state index in [1.807, 2.05) is 6.20 Å². The number of aromatic nitrogens is 1. The Morgan fingerprint density at radius 2 is 2.06 bits per heavy atom. The summed E-state index contributed by atoms with van der Waals surface area (Å²) in [5.41, 5.74) is 6.11. The standard InChI is InChI=1S/C13H23N3S/c1-13(2,3)10-4-6-16(7-5-10)9-11-8-15-12(14)17-11/h8,10H,4-7,9H2,1-3H3,(H2,14,15). The van der Waals surface area contributed by atoms with Crippen LogP contribution in [0.15, 0.2) is 6.20 Å². The first-order valence-electron chi connectivity index (χ1n) is 6.37. The average molecular weight is 253 g/mol. The molecular weight excluding hydrogens is 230 g/mol. The van der Waals surface area contributed by atoms with Crippen LogP contribution in [0, 0.1) is 11.3 Å². The minimum absolute atomic E-state index is 0.459. The van der Waals surface area contributed by atoms with Crippen molar-refractivity contribution < 1.29 is 0 Å². The van der Waals surface area contributed by atoms with Gasteiger partial charge in [0, 0.05) is 17.6 Å². The van der Waals surface area contributed by atoms with Gasteiger partial charge in [-0.2, -0.15) is 0 Å². The van der Waals surface area contributed by atoms with Crippen LogP contribution < -0.4 is 5.73 Å². The highest BCUT2D eigenvalue weighted by Crippen LogP contribution is 2.34. The lowest BCUT2D eigenvalue weighted by Gasteiger charge is -2.38. The van der Waals surface area contributed by atoms with Crippen molar-refractivity contribution in [3.8, 4) is 0 Å². The van der Waals surface area contributed by atoms with Crippen LogP contribution in [0.2, 0.25) is 0 Å². The summed E-state index contributed by atoms with van der Waals surface area (Å²) in [7, 11) is 0. The van der Waals surface area contributed by atoms with Crippen LogP contribution in [0.5, 0.6) is 0 Å². The van der Waals surface area contributed by atoms with E-state index in [0.717, 1.165) is 12.5 Å². The fourth-order valence-electron chi connectivity index (χ4n) is 2.57. The summed E-state index contributed by atoms with van der Waals surface area (Å²) in [6.07, 6.45) is 4.55. The Hall–Kier alpha value is -0.610. The Labute approximate surface area is 108 Å². The molecule has 17 heavy (non-hydrogen) atoms. The van der Waals surface area contributed by atoms with Gasteiger partial charge in [-0.1, -0.05) is 20.8 Å². The number of nitrogens with zero attached hydrogens (tertiary/aromatic N) is 2. The molecule has 96 valence electrons. The largest absolute Gasteiger partial charge is 0.375 e. The van der Waals surface area contributed by atoms with Crippen LogP contribution in [0.1, 0.15) is 38.5 Å². The first-order valence-corrected chi connectivity index (χ1v) is 7.19. The molecule has 1 aromatic rings. The summed E-state index contributed by atoms with van der Waals surface area (Å²) in [6, 6.07) is 0. The molecule has 0 unspecified atom stereocenters. The van der Waals surface area contributed by atoms with E-state index in [2.05, 4.69) is 30.7 Å². The highest BCUT2D eigenvalue weighted by atomic mass is 32.1. The fourth-order valence-corrected chi connectivity index (χ4v) is 3.30. The first-order chi connectivity index (χ1) is 7.95. The van der Waals surface area contributed by atoms with E-state index >= 15 is 0 Å². The number of likely N-dealkylation sites (tertiary alicyclic amines) is 1. The van der Waals surface area contributed by atoms with Crippen molar-refractivity contribution in [1.82, 2.24) is 9.88 Å². The zero-order valence-corrected chi connectivity index (χ0v) is 11.9. The van der Waals surface area contributed by atoms with Gasteiger partial charge in [0.2, 0.25) is 0 Å². The van der Waals surface area contributed by atoms with E-state index < -0.39 is 0 Å². The minimum Gasteiger partial charge on any atom is -0.375 e. The van der Waals surface area contributed by atoms with E-state index in [9.17, 15) is 0 Å². The Morgan fingerprint density at radius 3 is 2.53 bits per heavy atom. The zero-order chi connectivity index (χ0) is 12.5. The van der Waals surface area contributed by atoms with Gasteiger partial charge in [-0.05, 0) is 37.3 Å². The third kappa shape index (κ3) is 3.42. The van der Waals surface area contributed by atoms with Gasteiger partial charge in [0.15, 0.2) is 5.13 Å². The molecule has 2 heterocycles. The van der Waals surface area contributed by atoms with Crippen molar-refractivity contribution in [1.29, 1.82) is 0 Å². The maximum atomic E-state index is 5.65. The summed E-state index contributed by atoms with van der Waals surface area (Å²) >= 11 is 1.61. The van der Waals surface area contributed by atoms with Crippen LogP contribution in [-0.2, 0) is 6.54 Å². The highest BCUT2D eigenvalue weighted by Gasteiger charge is 2.28. The van der Waals surface area contributed by atoms with Crippen LogP contribution in [-0.4, -0.2) is 23.0 Å². The molecule has 1 fully saturated rings. The Bertz CT molecular complexity index is 359. The molecule has 1 aliphatic rings. The van der Waals surface area contributed by atoms with Gasteiger partial charge >= 0.3 is 0 Å². The topological polar surface area (TPSA) is 42.2 Å². The van der Waals surface area contributed by atoms with Crippen LogP contribution >= 0.6 is 11.3 Å². The van der Waals surface area contributed by atoms with Gasteiger partial charge < -0.3 is 5.73 Å². The molecule has 0 amide bonds. The molecule has 1 aromatic heterocycles. The fraction of sp³-hybridized carbons (Fsp3) is 0.769. The van der Waals surface area contributed by atoms with Crippen LogP contribution in [0.4, 0.5) is 5.13 Å². The lowest BCUT2D eigenvalue weighted by molar-refractivity contribution is 0.108. The van der Waals surface area contributed by atoms with Gasteiger partial charge in [-0.25, -0.2) is 4.98 Å². The summed E-state index contributed by atoms with van der Waals surface area (Å²) in [4.78, 5) is 7.92. The minimum atomic E-state index is 0.459. The molecule has 1 aliphatic heterocycles. The predicted molar refractivity (Wildman–Crippen MR) is 74.0 cm³/mol. The molecule has 2 rings (SSSR count). The number of rotatable bonds is 2. The van der Waals surface area contributed by atoms with E-state index in [1.165, 1.54) is 30.8 Å². The van der Waals surface area contributed by atoms with Gasteiger partial charge in [-0.15, -0.1) is 11.3 Å². The maximum Gasteiger partial charge on any atom is 0.180 e.